The molecule has 0 saturated carbocycles. The maximum Gasteiger partial charge on any atom is 0.270 e. The molecule has 0 aromatic heterocycles. The van der Waals surface area contributed by atoms with Gasteiger partial charge in [0.05, 0.1) is 18.9 Å². The van der Waals surface area contributed by atoms with Gasteiger partial charge in [0.2, 0.25) is 0 Å². The van der Waals surface area contributed by atoms with Gasteiger partial charge in [-0.2, -0.15) is 0 Å². The van der Waals surface area contributed by atoms with Crippen molar-refractivity contribution in [2.45, 2.75) is 26.7 Å². The number of rotatable bonds is 8. The topological polar surface area (TPSA) is 67.9 Å². The van der Waals surface area contributed by atoms with Gasteiger partial charge in [0.1, 0.15) is 5.57 Å². The lowest BCUT2D eigenvalue weighted by atomic mass is 10.1. The number of thiocarbonyl (C=S) groups is 1. The minimum absolute atomic E-state index is 0.00504. The van der Waals surface area contributed by atoms with Gasteiger partial charge in [-0.3, -0.25) is 19.8 Å². The summed E-state index contributed by atoms with van der Waals surface area (Å²) in [6, 6.07) is 14.3. The number of nitrogens with zero attached hydrogens (tertiary/aromatic N) is 1. The number of anilines is 1. The molecule has 30 heavy (non-hydrogen) atoms. The molecule has 0 bridgehead atoms. The number of hydrogen-bond acceptors (Lipinski definition) is 5. The van der Waals surface area contributed by atoms with Gasteiger partial charge in [-0.05, 0) is 61.5 Å². The Bertz CT molecular complexity index is 972. The van der Waals surface area contributed by atoms with E-state index in [0.29, 0.717) is 36.0 Å². The Morgan fingerprint density at radius 2 is 1.80 bits per heavy atom. The SMILES string of the molecule is CCCCOc1ccc(/C=C2/C(=O)NC(=S)N(c3ccccc3)C2=O)cc1OCC. The maximum atomic E-state index is 13.1. The largest absolute Gasteiger partial charge is 0.490 e. The van der Waals surface area contributed by atoms with E-state index in [0.717, 1.165) is 12.8 Å². The van der Waals surface area contributed by atoms with Crippen molar-refractivity contribution in [1.29, 1.82) is 0 Å². The van der Waals surface area contributed by atoms with Gasteiger partial charge in [0.15, 0.2) is 16.6 Å². The quantitative estimate of drug-likeness (QED) is 0.299. The van der Waals surface area contributed by atoms with Gasteiger partial charge in [-0.25, -0.2) is 0 Å². The first kappa shape index (κ1) is 21.5. The Labute approximate surface area is 181 Å². The number of amides is 2. The number of nitrogens with one attached hydrogen (secondary N) is 1. The lowest BCUT2D eigenvalue weighted by Crippen LogP contribution is -2.54. The lowest BCUT2D eigenvalue weighted by molar-refractivity contribution is -0.122. The third kappa shape index (κ3) is 4.86. The van der Waals surface area contributed by atoms with Crippen LogP contribution in [0.3, 0.4) is 0 Å². The molecule has 0 aliphatic carbocycles. The Balaban J connectivity index is 1.92. The molecule has 156 valence electrons. The number of carbonyl (C=O) groups excluding carboxylic acids is 2. The van der Waals surface area contributed by atoms with E-state index in [1.165, 1.54) is 11.0 Å². The van der Waals surface area contributed by atoms with Crippen LogP contribution in [0.25, 0.3) is 6.08 Å². The summed E-state index contributed by atoms with van der Waals surface area (Å²) in [7, 11) is 0. The Kier molecular flexibility index (Phi) is 7.19. The number of para-hydroxylation sites is 1. The van der Waals surface area contributed by atoms with E-state index in [1.807, 2.05) is 13.0 Å². The van der Waals surface area contributed by atoms with Crippen LogP contribution in [-0.4, -0.2) is 30.1 Å². The smallest absolute Gasteiger partial charge is 0.270 e. The van der Waals surface area contributed by atoms with E-state index in [-0.39, 0.29) is 10.7 Å². The minimum atomic E-state index is -0.529. The third-order valence-electron chi connectivity index (χ3n) is 4.45. The maximum absolute atomic E-state index is 13.1. The van der Waals surface area contributed by atoms with Crippen molar-refractivity contribution in [3.05, 3.63) is 59.7 Å². The summed E-state index contributed by atoms with van der Waals surface area (Å²) < 4.78 is 11.5. The molecule has 1 N–H and O–H groups in total. The molecule has 2 aromatic rings. The van der Waals surface area contributed by atoms with E-state index in [2.05, 4.69) is 12.2 Å². The second kappa shape index (κ2) is 10.0. The number of benzene rings is 2. The fourth-order valence-corrected chi connectivity index (χ4v) is 3.25. The van der Waals surface area contributed by atoms with Gasteiger partial charge in [-0.15, -0.1) is 0 Å². The average Bonchev–Trinajstić information content (AvgIpc) is 2.73. The molecule has 2 amide bonds. The summed E-state index contributed by atoms with van der Waals surface area (Å²) in [6.07, 6.45) is 3.51. The highest BCUT2D eigenvalue weighted by atomic mass is 32.1. The molecule has 1 fully saturated rings. The van der Waals surface area contributed by atoms with Crippen LogP contribution in [0.5, 0.6) is 11.5 Å². The predicted molar refractivity (Wildman–Crippen MR) is 121 cm³/mol. The number of ether oxygens (including phenoxy) is 2. The number of hydrogen-bond donors (Lipinski definition) is 1. The molecule has 0 radical (unpaired) electrons. The van der Waals surface area contributed by atoms with Crippen molar-refractivity contribution in [3.8, 4) is 11.5 Å². The molecule has 1 aliphatic rings. The van der Waals surface area contributed by atoms with Crippen LogP contribution in [0.2, 0.25) is 0 Å². The Morgan fingerprint density at radius 3 is 2.50 bits per heavy atom. The molecule has 1 saturated heterocycles. The summed E-state index contributed by atoms with van der Waals surface area (Å²) in [4.78, 5) is 26.8. The highest BCUT2D eigenvalue weighted by molar-refractivity contribution is 7.80. The number of carbonyl (C=O) groups is 2. The van der Waals surface area contributed by atoms with Crippen molar-refractivity contribution >= 4 is 40.9 Å². The fourth-order valence-electron chi connectivity index (χ4n) is 2.96. The van der Waals surface area contributed by atoms with Crippen molar-refractivity contribution in [2.75, 3.05) is 18.1 Å². The zero-order valence-electron chi connectivity index (χ0n) is 17.0. The standard InChI is InChI=1S/C23H24N2O4S/c1-3-5-13-29-19-12-11-16(15-20(19)28-4-2)14-18-21(26)24-23(30)25(22(18)27)17-9-7-6-8-10-17/h6-12,14-15H,3-5,13H2,1-2H3,(H,24,26,30)/b18-14-. The van der Waals surface area contributed by atoms with E-state index in [1.54, 1.807) is 42.5 Å². The molecule has 0 atom stereocenters. The Hall–Kier alpha value is -3.19. The second-order valence-electron chi connectivity index (χ2n) is 6.63. The molecule has 0 unspecified atom stereocenters. The molecular weight excluding hydrogens is 400 g/mol. The first-order valence-electron chi connectivity index (χ1n) is 9.91. The van der Waals surface area contributed by atoms with Crippen LogP contribution in [0.1, 0.15) is 32.3 Å². The molecule has 0 spiro atoms. The summed E-state index contributed by atoms with van der Waals surface area (Å²) in [5.74, 6) is 0.204. The average molecular weight is 425 g/mol. The minimum Gasteiger partial charge on any atom is -0.490 e. The molecule has 2 aromatic carbocycles. The van der Waals surface area contributed by atoms with E-state index >= 15 is 0 Å². The van der Waals surface area contributed by atoms with Crippen LogP contribution in [0, 0.1) is 0 Å². The van der Waals surface area contributed by atoms with Crippen LogP contribution >= 0.6 is 12.2 Å². The van der Waals surface area contributed by atoms with Crippen LogP contribution in [0.15, 0.2) is 54.1 Å². The molecule has 7 heteroatoms. The molecule has 1 aliphatic heterocycles. The molecule has 3 rings (SSSR count). The zero-order valence-corrected chi connectivity index (χ0v) is 17.8. The Morgan fingerprint density at radius 1 is 1.03 bits per heavy atom. The monoisotopic (exact) mass is 424 g/mol. The van der Waals surface area contributed by atoms with E-state index < -0.39 is 11.8 Å². The lowest BCUT2D eigenvalue weighted by Gasteiger charge is -2.28. The normalized spacial score (nSPS) is 15.3. The van der Waals surface area contributed by atoms with Crippen molar-refractivity contribution in [1.82, 2.24) is 5.32 Å². The first-order chi connectivity index (χ1) is 14.5. The first-order valence-corrected chi connectivity index (χ1v) is 10.3. The summed E-state index contributed by atoms with van der Waals surface area (Å²) >= 11 is 5.21. The van der Waals surface area contributed by atoms with Gasteiger partial charge < -0.3 is 9.47 Å². The van der Waals surface area contributed by atoms with Crippen molar-refractivity contribution < 1.29 is 19.1 Å². The molecule has 6 nitrogen and oxygen atoms in total. The van der Waals surface area contributed by atoms with Crippen LogP contribution < -0.4 is 19.7 Å². The van der Waals surface area contributed by atoms with E-state index in [4.69, 9.17) is 21.7 Å². The second-order valence-corrected chi connectivity index (χ2v) is 7.02. The summed E-state index contributed by atoms with van der Waals surface area (Å²) in [5, 5.41) is 2.65. The van der Waals surface area contributed by atoms with Crippen molar-refractivity contribution in [3.63, 3.8) is 0 Å². The third-order valence-corrected chi connectivity index (χ3v) is 4.73. The van der Waals surface area contributed by atoms with Gasteiger partial charge in [-0.1, -0.05) is 37.6 Å². The fraction of sp³-hybridized carbons (Fsp3) is 0.261. The van der Waals surface area contributed by atoms with Gasteiger partial charge >= 0.3 is 0 Å². The molecular formula is C23H24N2O4S. The van der Waals surface area contributed by atoms with Gasteiger partial charge in [0.25, 0.3) is 11.8 Å². The van der Waals surface area contributed by atoms with E-state index in [9.17, 15) is 9.59 Å². The van der Waals surface area contributed by atoms with Crippen LogP contribution in [0.4, 0.5) is 5.69 Å². The zero-order chi connectivity index (χ0) is 21.5. The molecule has 1 heterocycles. The van der Waals surface area contributed by atoms with Crippen LogP contribution in [-0.2, 0) is 9.59 Å². The summed E-state index contributed by atoms with van der Waals surface area (Å²) in [6.45, 7) is 5.05. The number of unbranched alkanes of at least 4 members (excludes halogenated alkanes) is 1. The van der Waals surface area contributed by atoms with Crippen molar-refractivity contribution in [2.24, 2.45) is 0 Å². The van der Waals surface area contributed by atoms with Gasteiger partial charge in [0, 0.05) is 0 Å². The predicted octanol–water partition coefficient (Wildman–Crippen LogP) is 4.10. The highest BCUT2D eigenvalue weighted by Gasteiger charge is 2.34. The highest BCUT2D eigenvalue weighted by Crippen LogP contribution is 2.30. The summed E-state index contributed by atoms with van der Waals surface area (Å²) in [5.41, 5.74) is 1.24.